The minimum atomic E-state index is -0.313. The Labute approximate surface area is 205 Å². The van der Waals surface area contributed by atoms with E-state index >= 15 is 0 Å². The zero-order valence-electron chi connectivity index (χ0n) is 20.0. The van der Waals surface area contributed by atoms with Crippen molar-refractivity contribution in [2.75, 3.05) is 69.2 Å². The molecular weight excluding hydrogens is 442 g/mol. The second kappa shape index (κ2) is 10.4. The molecule has 2 aliphatic heterocycles. The van der Waals surface area contributed by atoms with Crippen LogP contribution in [0.15, 0.2) is 67.0 Å². The monoisotopic (exact) mass is 473 g/mol. The highest BCUT2D eigenvalue weighted by atomic mass is 16.6. The highest BCUT2D eigenvalue weighted by Gasteiger charge is 2.34. The van der Waals surface area contributed by atoms with Gasteiger partial charge in [-0.25, -0.2) is 9.97 Å². The van der Waals surface area contributed by atoms with Crippen molar-refractivity contribution >= 4 is 17.3 Å². The third kappa shape index (κ3) is 4.96. The Balaban J connectivity index is 1.38. The van der Waals surface area contributed by atoms with E-state index in [-0.39, 0.29) is 16.7 Å². The van der Waals surface area contributed by atoms with Crippen molar-refractivity contribution in [2.24, 2.45) is 0 Å². The first-order valence-electron chi connectivity index (χ1n) is 12.1. The molecule has 0 bridgehead atoms. The normalized spacial score (nSPS) is 17.7. The molecule has 35 heavy (non-hydrogen) atoms. The summed E-state index contributed by atoms with van der Waals surface area (Å²) in [6.45, 7) is 6.03. The molecule has 182 valence electrons. The van der Waals surface area contributed by atoms with Crippen LogP contribution < -0.4 is 9.80 Å². The maximum absolute atomic E-state index is 12.2. The number of hydrogen-bond acceptors (Lipinski definition) is 8. The third-order valence-electron chi connectivity index (χ3n) is 6.98. The Kier molecular flexibility index (Phi) is 6.87. The second-order valence-corrected chi connectivity index (χ2v) is 9.16. The van der Waals surface area contributed by atoms with E-state index in [0.29, 0.717) is 24.7 Å². The summed E-state index contributed by atoms with van der Waals surface area (Å²) in [6, 6.07) is 21.2. The summed E-state index contributed by atoms with van der Waals surface area (Å²) >= 11 is 0. The smallest absolute Gasteiger partial charge is 0.348 e. The molecule has 0 aliphatic carbocycles. The highest BCUT2D eigenvalue weighted by Crippen LogP contribution is 2.36. The molecule has 0 saturated carbocycles. The first-order chi connectivity index (χ1) is 17.1. The average molecular weight is 474 g/mol. The lowest BCUT2D eigenvalue weighted by molar-refractivity contribution is -0.383. The molecule has 9 nitrogen and oxygen atoms in total. The molecule has 0 unspecified atom stereocenters. The number of anilines is 2. The second-order valence-electron chi connectivity index (χ2n) is 9.16. The van der Waals surface area contributed by atoms with Gasteiger partial charge < -0.3 is 14.7 Å². The molecule has 0 radical (unpaired) electrons. The Morgan fingerprint density at radius 1 is 0.743 bits per heavy atom. The van der Waals surface area contributed by atoms with Gasteiger partial charge in [-0.05, 0) is 18.2 Å². The predicted molar refractivity (Wildman–Crippen MR) is 137 cm³/mol. The maximum atomic E-state index is 12.2. The minimum Gasteiger partial charge on any atom is -0.348 e. The first kappa shape index (κ1) is 23.2. The molecule has 5 rings (SSSR count). The zero-order valence-corrected chi connectivity index (χ0v) is 20.0. The van der Waals surface area contributed by atoms with Gasteiger partial charge in [0.15, 0.2) is 0 Å². The van der Waals surface area contributed by atoms with Crippen LogP contribution in [-0.2, 0) is 0 Å². The third-order valence-corrected chi connectivity index (χ3v) is 6.98. The van der Waals surface area contributed by atoms with Gasteiger partial charge in [0.1, 0.15) is 6.33 Å². The Hall–Kier alpha value is -3.56. The number of piperazine rings is 2. The number of benzene rings is 2. The number of likely N-dealkylation sites (N-methyl/N-ethyl adjacent to an activating group) is 1. The maximum Gasteiger partial charge on any atom is 0.353 e. The summed E-state index contributed by atoms with van der Waals surface area (Å²) in [5.41, 5.74) is 2.52. The van der Waals surface area contributed by atoms with Crippen LogP contribution in [-0.4, -0.2) is 84.1 Å². The largest absolute Gasteiger partial charge is 0.353 e. The van der Waals surface area contributed by atoms with Gasteiger partial charge in [0, 0.05) is 52.4 Å². The molecule has 2 aliphatic rings. The topological polar surface area (TPSA) is 81.9 Å². The van der Waals surface area contributed by atoms with E-state index in [4.69, 9.17) is 0 Å². The highest BCUT2D eigenvalue weighted by molar-refractivity contribution is 5.71. The van der Waals surface area contributed by atoms with Crippen molar-refractivity contribution in [3.63, 3.8) is 0 Å². The van der Waals surface area contributed by atoms with Crippen molar-refractivity contribution in [1.29, 1.82) is 0 Å². The number of hydrogen-bond donors (Lipinski definition) is 0. The molecule has 0 spiro atoms. The van der Waals surface area contributed by atoms with Gasteiger partial charge in [0.05, 0.1) is 11.0 Å². The summed E-state index contributed by atoms with van der Waals surface area (Å²) in [4.78, 5) is 29.3. The van der Waals surface area contributed by atoms with Crippen LogP contribution >= 0.6 is 0 Å². The molecule has 9 heteroatoms. The molecular formula is C26H31N7O2. The molecule has 2 saturated heterocycles. The fraction of sp³-hybridized carbons (Fsp3) is 0.385. The zero-order chi connectivity index (χ0) is 24.2. The fourth-order valence-corrected chi connectivity index (χ4v) is 5.08. The summed E-state index contributed by atoms with van der Waals surface area (Å²) in [5.74, 6) is 0.858. The van der Waals surface area contributed by atoms with Crippen LogP contribution in [0.4, 0.5) is 17.3 Å². The molecule has 1 aromatic heterocycles. The van der Waals surface area contributed by atoms with E-state index < -0.39 is 0 Å². The van der Waals surface area contributed by atoms with Crippen LogP contribution in [0.1, 0.15) is 17.2 Å². The Morgan fingerprint density at radius 3 is 1.66 bits per heavy atom. The molecule has 2 aromatic carbocycles. The van der Waals surface area contributed by atoms with Crippen molar-refractivity contribution in [3.8, 4) is 0 Å². The van der Waals surface area contributed by atoms with E-state index in [1.165, 1.54) is 17.5 Å². The standard InChI is InChI=1S/C26H31N7O2/c1-29-12-14-31(15-13-29)25-24(33(34)35)26(28-20-27-25)32-18-16-30(17-19-32)23(21-8-4-2-5-9-21)22-10-6-3-7-11-22/h2-11,20,23H,12-19H2,1H3. The van der Waals surface area contributed by atoms with E-state index in [9.17, 15) is 10.1 Å². The van der Waals surface area contributed by atoms with Gasteiger partial charge in [-0.2, -0.15) is 0 Å². The fourth-order valence-electron chi connectivity index (χ4n) is 5.08. The summed E-state index contributed by atoms with van der Waals surface area (Å²) in [5, 5.41) is 12.2. The van der Waals surface area contributed by atoms with Crippen molar-refractivity contribution < 1.29 is 4.92 Å². The van der Waals surface area contributed by atoms with Crippen molar-refractivity contribution in [2.45, 2.75) is 6.04 Å². The van der Waals surface area contributed by atoms with Crippen molar-refractivity contribution in [3.05, 3.63) is 88.2 Å². The molecule has 2 fully saturated rings. The lowest BCUT2D eigenvalue weighted by Crippen LogP contribution is -2.48. The van der Waals surface area contributed by atoms with Gasteiger partial charge in [0.25, 0.3) is 0 Å². The van der Waals surface area contributed by atoms with E-state index in [0.717, 1.165) is 39.3 Å². The lowest BCUT2D eigenvalue weighted by atomic mass is 9.96. The Morgan fingerprint density at radius 2 is 1.20 bits per heavy atom. The van der Waals surface area contributed by atoms with Crippen LogP contribution in [0, 0.1) is 10.1 Å². The van der Waals surface area contributed by atoms with E-state index in [1.807, 2.05) is 21.9 Å². The van der Waals surface area contributed by atoms with Crippen LogP contribution in [0.5, 0.6) is 0 Å². The minimum absolute atomic E-state index is 0.0215. The van der Waals surface area contributed by atoms with Gasteiger partial charge >= 0.3 is 5.69 Å². The van der Waals surface area contributed by atoms with E-state index in [1.54, 1.807) is 0 Å². The number of nitrogens with zero attached hydrogens (tertiary/aromatic N) is 7. The molecule has 0 amide bonds. The summed E-state index contributed by atoms with van der Waals surface area (Å²) < 4.78 is 0. The summed E-state index contributed by atoms with van der Waals surface area (Å²) in [7, 11) is 2.06. The van der Waals surface area contributed by atoms with Gasteiger partial charge in [-0.1, -0.05) is 60.7 Å². The predicted octanol–water partition coefficient (Wildman–Crippen LogP) is 3.05. The molecule has 3 heterocycles. The summed E-state index contributed by atoms with van der Waals surface area (Å²) in [6.07, 6.45) is 1.47. The van der Waals surface area contributed by atoms with Crippen LogP contribution in [0.3, 0.4) is 0 Å². The number of nitro groups is 1. The van der Waals surface area contributed by atoms with E-state index in [2.05, 4.69) is 75.3 Å². The Bertz CT molecular complexity index is 1090. The van der Waals surface area contributed by atoms with Crippen LogP contribution in [0.2, 0.25) is 0 Å². The number of rotatable bonds is 6. The van der Waals surface area contributed by atoms with Crippen molar-refractivity contribution in [1.82, 2.24) is 19.8 Å². The van der Waals surface area contributed by atoms with Crippen LogP contribution in [0.25, 0.3) is 0 Å². The molecule has 0 atom stereocenters. The number of aromatic nitrogens is 2. The first-order valence-corrected chi connectivity index (χ1v) is 12.1. The SMILES string of the molecule is CN1CCN(c2ncnc(N3CCN(C(c4ccccc4)c4ccccc4)CC3)c2[N+](=O)[O-])CC1. The van der Waals surface area contributed by atoms with Gasteiger partial charge in [-0.3, -0.25) is 15.0 Å². The lowest BCUT2D eigenvalue weighted by Gasteiger charge is -2.40. The average Bonchev–Trinajstić information content (AvgIpc) is 2.90. The quantitative estimate of drug-likeness (QED) is 0.399. The molecule has 3 aromatic rings. The van der Waals surface area contributed by atoms with Gasteiger partial charge in [0.2, 0.25) is 11.6 Å². The molecule has 0 N–H and O–H groups in total. The van der Waals surface area contributed by atoms with Gasteiger partial charge in [-0.15, -0.1) is 0 Å².